The van der Waals surface area contributed by atoms with Crippen LogP contribution in [0.15, 0.2) is 18.3 Å². The van der Waals surface area contributed by atoms with E-state index in [4.69, 9.17) is 0 Å². The zero-order valence-corrected chi connectivity index (χ0v) is 11.2. The predicted molar refractivity (Wildman–Crippen MR) is 70.6 cm³/mol. The van der Waals surface area contributed by atoms with Gasteiger partial charge in [0.05, 0.1) is 5.41 Å². The SMILES string of the molecule is CN1CCC[C@@]2(CCN(C(=O)c3ccc[nH]3)C2)C1=O. The summed E-state index contributed by atoms with van der Waals surface area (Å²) >= 11 is 0. The summed E-state index contributed by atoms with van der Waals surface area (Å²) in [6, 6.07) is 3.60. The third-order valence-corrected chi connectivity index (χ3v) is 4.42. The number of amides is 2. The number of rotatable bonds is 1. The van der Waals surface area contributed by atoms with Crippen molar-refractivity contribution in [3.8, 4) is 0 Å². The van der Waals surface area contributed by atoms with Crippen molar-refractivity contribution < 1.29 is 9.59 Å². The maximum Gasteiger partial charge on any atom is 0.270 e. The molecule has 1 aromatic rings. The molecule has 0 saturated carbocycles. The molecule has 0 bridgehead atoms. The van der Waals surface area contributed by atoms with E-state index in [0.29, 0.717) is 18.8 Å². The maximum absolute atomic E-state index is 12.4. The highest BCUT2D eigenvalue weighted by Crippen LogP contribution is 2.39. The van der Waals surface area contributed by atoms with Crippen LogP contribution < -0.4 is 0 Å². The third kappa shape index (κ3) is 1.93. The number of nitrogens with one attached hydrogen (secondary N) is 1. The van der Waals surface area contributed by atoms with Crippen LogP contribution in [0.3, 0.4) is 0 Å². The van der Waals surface area contributed by atoms with Crippen LogP contribution in [0.5, 0.6) is 0 Å². The number of H-pyrrole nitrogens is 1. The minimum Gasteiger partial charge on any atom is -0.357 e. The van der Waals surface area contributed by atoms with Crippen molar-refractivity contribution in [2.45, 2.75) is 19.3 Å². The Morgan fingerprint density at radius 2 is 2.21 bits per heavy atom. The molecule has 5 nitrogen and oxygen atoms in total. The molecule has 0 aromatic carbocycles. The second-order valence-electron chi connectivity index (χ2n) is 5.67. The predicted octanol–water partition coefficient (Wildman–Crippen LogP) is 1.10. The molecular formula is C14H19N3O2. The minimum absolute atomic E-state index is 0.00269. The number of carbonyl (C=O) groups excluding carboxylic acids is 2. The average molecular weight is 261 g/mol. The average Bonchev–Trinajstić information content (AvgIpc) is 3.06. The van der Waals surface area contributed by atoms with Crippen molar-refractivity contribution in [1.82, 2.24) is 14.8 Å². The summed E-state index contributed by atoms with van der Waals surface area (Å²) < 4.78 is 0. The lowest BCUT2D eigenvalue weighted by Crippen LogP contribution is -2.48. The van der Waals surface area contributed by atoms with Gasteiger partial charge < -0.3 is 14.8 Å². The molecule has 2 aliphatic rings. The zero-order valence-electron chi connectivity index (χ0n) is 11.2. The van der Waals surface area contributed by atoms with Crippen LogP contribution in [-0.4, -0.2) is 53.3 Å². The van der Waals surface area contributed by atoms with Gasteiger partial charge in [-0.25, -0.2) is 0 Å². The molecule has 2 fully saturated rings. The number of likely N-dealkylation sites (tertiary alicyclic amines) is 2. The molecule has 0 unspecified atom stereocenters. The van der Waals surface area contributed by atoms with E-state index in [9.17, 15) is 9.59 Å². The van der Waals surface area contributed by atoms with E-state index >= 15 is 0 Å². The van der Waals surface area contributed by atoms with Gasteiger partial charge in [0.25, 0.3) is 5.91 Å². The number of hydrogen-bond donors (Lipinski definition) is 1. The van der Waals surface area contributed by atoms with Crippen LogP contribution in [0.2, 0.25) is 0 Å². The Balaban J connectivity index is 1.76. The summed E-state index contributed by atoms with van der Waals surface area (Å²) in [6.07, 6.45) is 4.48. The van der Waals surface area contributed by atoms with Gasteiger partial charge in [-0.05, 0) is 31.4 Å². The number of nitrogens with zero attached hydrogens (tertiary/aromatic N) is 2. The molecule has 19 heavy (non-hydrogen) atoms. The molecule has 2 aliphatic heterocycles. The summed E-state index contributed by atoms with van der Waals surface area (Å²) in [6.45, 7) is 2.08. The van der Waals surface area contributed by atoms with Crippen LogP contribution in [0.1, 0.15) is 29.8 Å². The summed E-state index contributed by atoms with van der Waals surface area (Å²) in [5, 5.41) is 0. The molecule has 2 amide bonds. The van der Waals surface area contributed by atoms with Crippen molar-refractivity contribution in [3.63, 3.8) is 0 Å². The monoisotopic (exact) mass is 261 g/mol. The molecule has 102 valence electrons. The fourth-order valence-corrected chi connectivity index (χ4v) is 3.33. The van der Waals surface area contributed by atoms with Gasteiger partial charge in [0.15, 0.2) is 0 Å². The first kappa shape index (κ1) is 12.3. The number of aromatic amines is 1. The molecule has 3 rings (SSSR count). The van der Waals surface area contributed by atoms with E-state index in [0.717, 1.165) is 25.8 Å². The second kappa shape index (κ2) is 4.40. The summed E-state index contributed by atoms with van der Waals surface area (Å²) in [4.78, 5) is 31.2. The molecule has 3 heterocycles. The first-order valence-electron chi connectivity index (χ1n) is 6.81. The molecule has 5 heteroatoms. The Morgan fingerprint density at radius 1 is 1.37 bits per heavy atom. The second-order valence-corrected chi connectivity index (χ2v) is 5.67. The number of hydrogen-bond acceptors (Lipinski definition) is 2. The largest absolute Gasteiger partial charge is 0.357 e. The number of piperidine rings is 1. The van der Waals surface area contributed by atoms with Gasteiger partial charge in [-0.15, -0.1) is 0 Å². The normalized spacial score (nSPS) is 27.3. The third-order valence-electron chi connectivity index (χ3n) is 4.42. The van der Waals surface area contributed by atoms with Gasteiger partial charge in [0, 0.05) is 32.9 Å². The van der Waals surface area contributed by atoms with Crippen molar-refractivity contribution in [1.29, 1.82) is 0 Å². The Labute approximate surface area is 112 Å². The molecule has 0 radical (unpaired) electrons. The van der Waals surface area contributed by atoms with E-state index in [1.54, 1.807) is 12.3 Å². The van der Waals surface area contributed by atoms with Gasteiger partial charge in [0.2, 0.25) is 5.91 Å². The van der Waals surface area contributed by atoms with Gasteiger partial charge in [-0.2, -0.15) is 0 Å². The van der Waals surface area contributed by atoms with Crippen molar-refractivity contribution in [3.05, 3.63) is 24.0 Å². The van der Waals surface area contributed by atoms with Crippen molar-refractivity contribution in [2.75, 3.05) is 26.7 Å². The first-order chi connectivity index (χ1) is 9.12. The van der Waals surface area contributed by atoms with Crippen molar-refractivity contribution >= 4 is 11.8 Å². The summed E-state index contributed by atoms with van der Waals surface area (Å²) in [7, 11) is 1.86. The van der Waals surface area contributed by atoms with Crippen LogP contribution in [0.4, 0.5) is 0 Å². The van der Waals surface area contributed by atoms with Gasteiger partial charge in [0.1, 0.15) is 5.69 Å². The van der Waals surface area contributed by atoms with E-state index in [1.807, 2.05) is 22.9 Å². The highest BCUT2D eigenvalue weighted by Gasteiger charge is 2.48. The smallest absolute Gasteiger partial charge is 0.270 e. The number of aromatic nitrogens is 1. The number of carbonyl (C=O) groups is 2. The van der Waals surface area contributed by atoms with Crippen LogP contribution in [-0.2, 0) is 4.79 Å². The van der Waals surface area contributed by atoms with Crippen LogP contribution in [0.25, 0.3) is 0 Å². The summed E-state index contributed by atoms with van der Waals surface area (Å²) in [5.41, 5.74) is 0.281. The Bertz CT molecular complexity index is 497. The van der Waals surface area contributed by atoms with Crippen molar-refractivity contribution in [2.24, 2.45) is 5.41 Å². The highest BCUT2D eigenvalue weighted by molar-refractivity contribution is 5.94. The maximum atomic E-state index is 12.4. The fraction of sp³-hybridized carbons (Fsp3) is 0.571. The molecule has 1 atom stereocenters. The Kier molecular flexibility index (Phi) is 2.84. The van der Waals surface area contributed by atoms with E-state index < -0.39 is 0 Å². The molecule has 2 saturated heterocycles. The quantitative estimate of drug-likeness (QED) is 0.823. The molecule has 1 aromatic heterocycles. The van der Waals surface area contributed by atoms with E-state index in [1.165, 1.54) is 0 Å². The zero-order chi connectivity index (χ0) is 13.5. The minimum atomic E-state index is -0.324. The van der Waals surface area contributed by atoms with Gasteiger partial charge in [-0.3, -0.25) is 9.59 Å². The molecular weight excluding hydrogens is 242 g/mol. The first-order valence-corrected chi connectivity index (χ1v) is 6.81. The van der Waals surface area contributed by atoms with Crippen LogP contribution >= 0.6 is 0 Å². The Hall–Kier alpha value is -1.78. The molecule has 0 aliphatic carbocycles. The molecule has 1 N–H and O–H groups in total. The Morgan fingerprint density at radius 3 is 2.95 bits per heavy atom. The van der Waals surface area contributed by atoms with Gasteiger partial charge in [-0.1, -0.05) is 0 Å². The lowest BCUT2D eigenvalue weighted by Gasteiger charge is -2.37. The highest BCUT2D eigenvalue weighted by atomic mass is 16.2. The fourth-order valence-electron chi connectivity index (χ4n) is 3.33. The van der Waals surface area contributed by atoms with Crippen LogP contribution in [0, 0.1) is 5.41 Å². The topological polar surface area (TPSA) is 56.4 Å². The standard InChI is InChI=1S/C14H19N3O2/c1-16-8-3-5-14(13(16)19)6-9-17(10-14)12(18)11-4-2-7-15-11/h2,4,7,15H,3,5-6,8-10H2,1H3/t14-/m0/s1. The summed E-state index contributed by atoms with van der Waals surface area (Å²) in [5.74, 6) is 0.212. The molecule has 1 spiro atoms. The van der Waals surface area contributed by atoms with Gasteiger partial charge >= 0.3 is 0 Å². The van der Waals surface area contributed by atoms with E-state index in [-0.39, 0.29) is 17.2 Å². The lowest BCUT2D eigenvalue weighted by molar-refractivity contribution is -0.143. The van der Waals surface area contributed by atoms with E-state index in [2.05, 4.69) is 4.98 Å². The lowest BCUT2D eigenvalue weighted by atomic mass is 9.78.